The Kier molecular flexibility index (Phi) is 7.02. The molecule has 1 atom stereocenters. The van der Waals surface area contributed by atoms with Gasteiger partial charge in [-0.25, -0.2) is 9.38 Å². The van der Waals surface area contributed by atoms with Crippen molar-refractivity contribution in [1.29, 1.82) is 0 Å². The van der Waals surface area contributed by atoms with Crippen molar-refractivity contribution >= 4 is 28.9 Å². The predicted octanol–water partition coefficient (Wildman–Crippen LogP) is 3.64. The number of nitrogens with one attached hydrogen (secondary N) is 2. The zero-order chi connectivity index (χ0) is 17.5. The summed E-state index contributed by atoms with van der Waals surface area (Å²) in [7, 11) is 0. The van der Waals surface area contributed by atoms with E-state index < -0.39 is 6.10 Å². The molecule has 0 spiro atoms. The van der Waals surface area contributed by atoms with Crippen LogP contribution in [0.5, 0.6) is 0 Å². The van der Waals surface area contributed by atoms with Gasteiger partial charge in [0.15, 0.2) is 5.96 Å². The third kappa shape index (κ3) is 5.47. The van der Waals surface area contributed by atoms with Gasteiger partial charge in [0.2, 0.25) is 0 Å². The highest BCUT2D eigenvalue weighted by atomic mass is 35.5. The van der Waals surface area contributed by atoms with E-state index in [1.807, 2.05) is 13.0 Å². The number of aryl methyl sites for hydroxylation is 1. The second kappa shape index (κ2) is 9.01. The fourth-order valence-corrected chi connectivity index (χ4v) is 3.17. The SMILES string of the molecule is CCNC(=NCc1ccc(F)c(C)c1)NCC(O)c1ccc(Cl)s1. The minimum Gasteiger partial charge on any atom is -0.386 e. The van der Waals surface area contributed by atoms with E-state index in [9.17, 15) is 9.50 Å². The number of nitrogens with zero attached hydrogens (tertiary/aromatic N) is 1. The lowest BCUT2D eigenvalue weighted by Crippen LogP contribution is -2.39. The van der Waals surface area contributed by atoms with E-state index in [1.165, 1.54) is 17.4 Å². The average Bonchev–Trinajstić information content (AvgIpc) is 2.99. The summed E-state index contributed by atoms with van der Waals surface area (Å²) >= 11 is 7.24. The van der Waals surface area contributed by atoms with Crippen LogP contribution in [0.15, 0.2) is 35.3 Å². The molecule has 1 unspecified atom stereocenters. The van der Waals surface area contributed by atoms with Gasteiger partial charge in [-0.3, -0.25) is 0 Å². The molecule has 1 heterocycles. The Balaban J connectivity index is 1.96. The van der Waals surface area contributed by atoms with E-state index in [0.29, 0.717) is 35.5 Å². The Morgan fingerprint density at radius 2 is 2.12 bits per heavy atom. The fourth-order valence-electron chi connectivity index (χ4n) is 2.12. The number of benzene rings is 1. The van der Waals surface area contributed by atoms with E-state index in [0.717, 1.165) is 10.4 Å². The van der Waals surface area contributed by atoms with E-state index in [1.54, 1.807) is 25.1 Å². The Labute approximate surface area is 150 Å². The summed E-state index contributed by atoms with van der Waals surface area (Å²) in [6.07, 6.45) is -0.653. The lowest BCUT2D eigenvalue weighted by Gasteiger charge is -2.14. The molecule has 1 aromatic carbocycles. The van der Waals surface area contributed by atoms with Crippen molar-refractivity contribution in [3.8, 4) is 0 Å². The van der Waals surface area contributed by atoms with Gasteiger partial charge in [0, 0.05) is 18.0 Å². The first-order chi connectivity index (χ1) is 11.5. The maximum atomic E-state index is 13.3. The standard InChI is InChI=1S/C17H21ClFN3OS/c1-3-20-17(21-9-12-4-5-13(19)11(2)8-12)22-10-14(23)15-6-7-16(18)24-15/h4-8,14,23H,3,9-10H2,1-2H3,(H2,20,21,22). The van der Waals surface area contributed by atoms with Crippen LogP contribution in [0.2, 0.25) is 4.34 Å². The minimum absolute atomic E-state index is 0.217. The van der Waals surface area contributed by atoms with Crippen molar-refractivity contribution in [3.63, 3.8) is 0 Å². The third-order valence-corrected chi connectivity index (χ3v) is 4.70. The number of thiophene rings is 1. The predicted molar refractivity (Wildman–Crippen MR) is 98.2 cm³/mol. The molecule has 2 aromatic rings. The molecule has 0 saturated heterocycles. The molecule has 0 radical (unpaired) electrons. The molecule has 24 heavy (non-hydrogen) atoms. The van der Waals surface area contributed by atoms with Gasteiger partial charge in [-0.1, -0.05) is 23.7 Å². The Hall–Kier alpha value is -1.63. The van der Waals surface area contributed by atoms with Crippen molar-refractivity contribution in [3.05, 3.63) is 56.5 Å². The first-order valence-corrected chi connectivity index (χ1v) is 8.89. The summed E-state index contributed by atoms with van der Waals surface area (Å²) < 4.78 is 13.9. The van der Waals surface area contributed by atoms with E-state index >= 15 is 0 Å². The highest BCUT2D eigenvalue weighted by molar-refractivity contribution is 7.16. The highest BCUT2D eigenvalue weighted by Gasteiger charge is 2.11. The molecule has 0 saturated carbocycles. The Morgan fingerprint density at radius 3 is 2.75 bits per heavy atom. The third-order valence-electron chi connectivity index (χ3n) is 3.37. The molecule has 1 aromatic heterocycles. The average molecular weight is 370 g/mol. The van der Waals surface area contributed by atoms with Gasteiger partial charge in [0.25, 0.3) is 0 Å². The summed E-state index contributed by atoms with van der Waals surface area (Å²) in [6.45, 7) is 5.15. The monoisotopic (exact) mass is 369 g/mol. The van der Waals surface area contributed by atoms with Crippen molar-refractivity contribution in [2.75, 3.05) is 13.1 Å². The van der Waals surface area contributed by atoms with Gasteiger partial charge in [0.1, 0.15) is 11.9 Å². The molecule has 4 nitrogen and oxygen atoms in total. The molecular weight excluding hydrogens is 349 g/mol. The number of aliphatic hydroxyl groups is 1. The molecule has 0 aliphatic heterocycles. The quantitative estimate of drug-likeness (QED) is 0.538. The van der Waals surface area contributed by atoms with Gasteiger partial charge < -0.3 is 15.7 Å². The number of halogens is 2. The summed E-state index contributed by atoms with van der Waals surface area (Å²) in [5.74, 6) is 0.381. The van der Waals surface area contributed by atoms with Crippen LogP contribution in [0.1, 0.15) is 29.0 Å². The normalized spacial score (nSPS) is 13.0. The summed E-state index contributed by atoms with van der Waals surface area (Å²) in [6, 6.07) is 8.53. The number of hydrogen-bond donors (Lipinski definition) is 3. The van der Waals surface area contributed by atoms with E-state index in [-0.39, 0.29) is 5.82 Å². The summed E-state index contributed by atoms with van der Waals surface area (Å²) in [5, 5.41) is 16.4. The second-order valence-corrected chi connectivity index (χ2v) is 7.06. The molecule has 0 fully saturated rings. The summed E-state index contributed by atoms with van der Waals surface area (Å²) in [5.41, 5.74) is 1.53. The second-order valence-electron chi connectivity index (χ2n) is 5.32. The van der Waals surface area contributed by atoms with Crippen LogP contribution < -0.4 is 10.6 Å². The van der Waals surface area contributed by atoms with E-state index in [2.05, 4.69) is 15.6 Å². The number of aliphatic imine (C=N–C) groups is 1. The maximum absolute atomic E-state index is 13.3. The summed E-state index contributed by atoms with van der Waals surface area (Å²) in [4.78, 5) is 5.27. The first-order valence-electron chi connectivity index (χ1n) is 7.70. The van der Waals surface area contributed by atoms with Crippen LogP contribution in [0.4, 0.5) is 4.39 Å². The first kappa shape index (κ1) is 18.7. The van der Waals surface area contributed by atoms with Crippen molar-refractivity contribution < 1.29 is 9.50 Å². The van der Waals surface area contributed by atoms with Crippen LogP contribution in [-0.4, -0.2) is 24.2 Å². The lowest BCUT2D eigenvalue weighted by molar-refractivity contribution is 0.184. The van der Waals surface area contributed by atoms with Crippen LogP contribution in [0.25, 0.3) is 0 Å². The van der Waals surface area contributed by atoms with Crippen LogP contribution in [-0.2, 0) is 6.54 Å². The molecular formula is C17H21ClFN3OS. The van der Waals surface area contributed by atoms with Gasteiger partial charge in [-0.05, 0) is 43.2 Å². The van der Waals surface area contributed by atoms with Crippen LogP contribution >= 0.6 is 22.9 Å². The van der Waals surface area contributed by atoms with Crippen molar-refractivity contribution in [1.82, 2.24) is 10.6 Å². The molecule has 0 bridgehead atoms. The largest absolute Gasteiger partial charge is 0.386 e. The van der Waals surface area contributed by atoms with Crippen LogP contribution in [0, 0.1) is 12.7 Å². The van der Waals surface area contributed by atoms with Crippen molar-refractivity contribution in [2.24, 2.45) is 4.99 Å². The molecule has 130 valence electrons. The molecule has 0 aliphatic carbocycles. The lowest BCUT2D eigenvalue weighted by atomic mass is 10.1. The number of rotatable bonds is 6. The molecule has 0 amide bonds. The molecule has 3 N–H and O–H groups in total. The molecule has 7 heteroatoms. The zero-order valence-corrected chi connectivity index (χ0v) is 15.2. The van der Waals surface area contributed by atoms with Gasteiger partial charge in [0.05, 0.1) is 10.9 Å². The fraction of sp³-hybridized carbons (Fsp3) is 0.353. The maximum Gasteiger partial charge on any atom is 0.191 e. The van der Waals surface area contributed by atoms with E-state index in [4.69, 9.17) is 11.6 Å². The number of guanidine groups is 1. The highest BCUT2D eigenvalue weighted by Crippen LogP contribution is 2.26. The zero-order valence-electron chi connectivity index (χ0n) is 13.6. The smallest absolute Gasteiger partial charge is 0.191 e. The number of aliphatic hydroxyl groups excluding tert-OH is 1. The van der Waals surface area contributed by atoms with Crippen LogP contribution in [0.3, 0.4) is 0 Å². The Bertz CT molecular complexity index is 705. The van der Waals surface area contributed by atoms with Gasteiger partial charge >= 0.3 is 0 Å². The number of hydrogen-bond acceptors (Lipinski definition) is 3. The molecule has 0 aliphatic rings. The minimum atomic E-state index is -0.653. The van der Waals surface area contributed by atoms with Gasteiger partial charge in [-0.15, -0.1) is 11.3 Å². The Morgan fingerprint density at radius 1 is 1.33 bits per heavy atom. The topological polar surface area (TPSA) is 56.7 Å². The van der Waals surface area contributed by atoms with Crippen molar-refractivity contribution in [2.45, 2.75) is 26.5 Å². The molecule has 2 rings (SSSR count). The van der Waals surface area contributed by atoms with Gasteiger partial charge in [-0.2, -0.15) is 0 Å².